The monoisotopic (exact) mass is 359 g/mol. The van der Waals surface area contributed by atoms with Crippen LogP contribution in [0.5, 0.6) is 5.75 Å². The fraction of sp³-hybridized carbons (Fsp3) is 0.167. The molecule has 2 aromatic carbocycles. The van der Waals surface area contributed by atoms with Gasteiger partial charge >= 0.3 is 0 Å². The average molecular weight is 359 g/mol. The lowest BCUT2D eigenvalue weighted by Crippen LogP contribution is -2.32. The highest BCUT2D eigenvalue weighted by atomic mass is 19.1. The average Bonchev–Trinajstić information content (AvgIpc) is 3.09. The van der Waals surface area contributed by atoms with Crippen LogP contribution in [0.3, 0.4) is 0 Å². The second-order valence-corrected chi connectivity index (χ2v) is 5.40. The number of nitrogens with one attached hydrogen (secondary N) is 1. The van der Waals surface area contributed by atoms with Gasteiger partial charge in [-0.05, 0) is 53.1 Å². The minimum Gasteiger partial charge on any atom is -0.478 e. The zero-order valence-corrected chi connectivity index (χ0v) is 13.8. The van der Waals surface area contributed by atoms with Crippen molar-refractivity contribution in [2.45, 2.75) is 19.4 Å². The third-order valence-corrected chi connectivity index (χ3v) is 3.62. The van der Waals surface area contributed by atoms with Crippen molar-refractivity contribution in [2.24, 2.45) is 0 Å². The lowest BCUT2D eigenvalue weighted by molar-refractivity contribution is -0.122. The van der Waals surface area contributed by atoms with E-state index in [1.807, 2.05) is 0 Å². The number of ether oxygens (including phenoxy) is 1. The summed E-state index contributed by atoms with van der Waals surface area (Å²) in [5, 5.41) is 9.93. The quantitative estimate of drug-likeness (QED) is 0.724. The maximum atomic E-state index is 13.7. The smallest absolute Gasteiger partial charge is 0.266 e. The molecule has 1 aromatic heterocycles. The van der Waals surface area contributed by atoms with Gasteiger partial charge in [0.25, 0.3) is 5.91 Å². The first-order chi connectivity index (χ1) is 12.6. The summed E-state index contributed by atoms with van der Waals surface area (Å²) in [5.41, 5.74) is 0.769. The van der Waals surface area contributed by atoms with E-state index in [9.17, 15) is 13.6 Å². The minimum atomic E-state index is -0.940. The fourth-order valence-electron chi connectivity index (χ4n) is 2.28. The zero-order chi connectivity index (χ0) is 18.5. The van der Waals surface area contributed by atoms with Crippen molar-refractivity contribution in [1.82, 2.24) is 10.3 Å². The number of anilines is 1. The summed E-state index contributed by atoms with van der Waals surface area (Å²) in [5.74, 6) is -1.45. The van der Waals surface area contributed by atoms with Gasteiger partial charge in [0.2, 0.25) is 5.82 Å². The summed E-state index contributed by atoms with van der Waals surface area (Å²) in [4.78, 5) is 12.5. The highest BCUT2D eigenvalue weighted by Crippen LogP contribution is 2.25. The topological polar surface area (TPSA) is 77.2 Å². The Morgan fingerprint density at radius 2 is 1.88 bits per heavy atom. The molecule has 0 aliphatic rings. The van der Waals surface area contributed by atoms with Gasteiger partial charge < -0.3 is 10.1 Å². The Morgan fingerprint density at radius 1 is 1.15 bits per heavy atom. The molecular weight excluding hydrogens is 344 g/mol. The largest absolute Gasteiger partial charge is 0.478 e. The van der Waals surface area contributed by atoms with E-state index in [0.29, 0.717) is 12.0 Å². The van der Waals surface area contributed by atoms with Crippen LogP contribution in [0, 0.1) is 11.6 Å². The molecule has 0 radical (unpaired) electrons. The molecule has 0 bridgehead atoms. The molecule has 1 atom stereocenters. The summed E-state index contributed by atoms with van der Waals surface area (Å²) in [6.45, 7) is 1.73. The Hall–Kier alpha value is -3.29. The molecule has 0 unspecified atom stereocenters. The van der Waals surface area contributed by atoms with Crippen LogP contribution in [-0.4, -0.2) is 22.3 Å². The SMILES string of the molecule is CC[C@H](Oc1ccccc1F)C(=O)Nc1nonc1-c1ccc(F)cc1. The Bertz CT molecular complexity index is 897. The molecule has 8 heteroatoms. The fourth-order valence-corrected chi connectivity index (χ4v) is 2.28. The second kappa shape index (κ2) is 7.73. The van der Waals surface area contributed by atoms with Crippen LogP contribution >= 0.6 is 0 Å². The number of amides is 1. The maximum absolute atomic E-state index is 13.7. The van der Waals surface area contributed by atoms with Crippen molar-refractivity contribution in [3.05, 3.63) is 60.2 Å². The van der Waals surface area contributed by atoms with E-state index < -0.39 is 23.6 Å². The highest BCUT2D eigenvalue weighted by Gasteiger charge is 2.23. The Kier molecular flexibility index (Phi) is 5.21. The number of aromatic nitrogens is 2. The third-order valence-electron chi connectivity index (χ3n) is 3.62. The van der Waals surface area contributed by atoms with E-state index in [2.05, 4.69) is 20.3 Å². The molecule has 3 aromatic rings. The first kappa shape index (κ1) is 17.5. The summed E-state index contributed by atoms with van der Waals surface area (Å²) < 4.78 is 36.9. The molecule has 0 saturated carbocycles. The van der Waals surface area contributed by atoms with Crippen molar-refractivity contribution in [1.29, 1.82) is 0 Å². The van der Waals surface area contributed by atoms with E-state index in [-0.39, 0.29) is 17.3 Å². The first-order valence-corrected chi connectivity index (χ1v) is 7.89. The molecule has 26 heavy (non-hydrogen) atoms. The molecule has 1 amide bonds. The molecule has 0 aliphatic carbocycles. The molecule has 1 N–H and O–H groups in total. The van der Waals surface area contributed by atoms with Crippen LogP contribution in [0.4, 0.5) is 14.6 Å². The van der Waals surface area contributed by atoms with Gasteiger partial charge in [0.1, 0.15) is 5.82 Å². The van der Waals surface area contributed by atoms with Gasteiger partial charge in [-0.25, -0.2) is 13.4 Å². The van der Waals surface area contributed by atoms with Gasteiger partial charge in [0.15, 0.2) is 23.4 Å². The van der Waals surface area contributed by atoms with Gasteiger partial charge in [0.05, 0.1) is 0 Å². The van der Waals surface area contributed by atoms with E-state index >= 15 is 0 Å². The van der Waals surface area contributed by atoms with Crippen molar-refractivity contribution in [3.63, 3.8) is 0 Å². The number of benzene rings is 2. The van der Waals surface area contributed by atoms with Gasteiger partial charge in [-0.1, -0.05) is 19.1 Å². The Balaban J connectivity index is 1.76. The van der Waals surface area contributed by atoms with Crippen LogP contribution in [0.15, 0.2) is 53.2 Å². The number of halogens is 2. The number of rotatable bonds is 6. The number of hydrogen-bond donors (Lipinski definition) is 1. The third kappa shape index (κ3) is 3.85. The van der Waals surface area contributed by atoms with E-state index in [1.165, 1.54) is 42.5 Å². The standard InChI is InChI=1S/C18H15F2N3O3/c1-2-14(25-15-6-4-3-5-13(15)20)18(24)21-17-16(22-26-23-17)11-7-9-12(19)10-8-11/h3-10,14H,2H2,1H3,(H,21,23,24)/t14-/m0/s1. The van der Waals surface area contributed by atoms with Crippen LogP contribution in [0.2, 0.25) is 0 Å². The maximum Gasteiger partial charge on any atom is 0.266 e. The predicted molar refractivity (Wildman–Crippen MR) is 89.4 cm³/mol. The normalized spacial score (nSPS) is 11.8. The molecule has 0 aliphatic heterocycles. The van der Waals surface area contributed by atoms with Crippen LogP contribution in [-0.2, 0) is 4.79 Å². The Morgan fingerprint density at radius 3 is 2.58 bits per heavy atom. The highest BCUT2D eigenvalue weighted by molar-refractivity contribution is 5.96. The van der Waals surface area contributed by atoms with Gasteiger partial charge in [0, 0.05) is 5.56 Å². The predicted octanol–water partition coefficient (Wildman–Crippen LogP) is 3.81. The van der Waals surface area contributed by atoms with E-state index in [4.69, 9.17) is 4.74 Å². The molecule has 3 rings (SSSR count). The first-order valence-electron chi connectivity index (χ1n) is 7.89. The van der Waals surface area contributed by atoms with Gasteiger partial charge in [-0.2, -0.15) is 0 Å². The summed E-state index contributed by atoms with van der Waals surface area (Å²) in [7, 11) is 0. The molecule has 1 heterocycles. The van der Waals surface area contributed by atoms with E-state index in [0.717, 1.165) is 0 Å². The second-order valence-electron chi connectivity index (χ2n) is 5.40. The van der Waals surface area contributed by atoms with Gasteiger partial charge in [-0.15, -0.1) is 0 Å². The minimum absolute atomic E-state index is 0.0217. The summed E-state index contributed by atoms with van der Waals surface area (Å²) in [6, 6.07) is 11.3. The molecular formula is C18H15F2N3O3. The number of para-hydroxylation sites is 1. The van der Waals surface area contributed by atoms with Crippen molar-refractivity contribution in [3.8, 4) is 17.0 Å². The molecule has 0 spiro atoms. The zero-order valence-electron chi connectivity index (χ0n) is 13.8. The molecule has 134 valence electrons. The van der Waals surface area contributed by atoms with Crippen molar-refractivity contribution >= 4 is 11.7 Å². The summed E-state index contributed by atoms with van der Waals surface area (Å²) in [6.07, 6.45) is -0.637. The molecule has 0 fully saturated rings. The Labute approximate surface area is 147 Å². The lowest BCUT2D eigenvalue weighted by Gasteiger charge is -2.16. The number of carbonyl (C=O) groups is 1. The van der Waals surface area contributed by atoms with Crippen molar-refractivity contribution < 1.29 is 22.9 Å². The van der Waals surface area contributed by atoms with Gasteiger partial charge in [-0.3, -0.25) is 4.79 Å². The van der Waals surface area contributed by atoms with Crippen molar-refractivity contribution in [2.75, 3.05) is 5.32 Å². The molecule has 0 saturated heterocycles. The number of nitrogens with zero attached hydrogens (tertiary/aromatic N) is 2. The van der Waals surface area contributed by atoms with E-state index in [1.54, 1.807) is 13.0 Å². The van der Waals surface area contributed by atoms with Crippen LogP contribution in [0.1, 0.15) is 13.3 Å². The molecule has 6 nitrogen and oxygen atoms in total. The lowest BCUT2D eigenvalue weighted by atomic mass is 10.1. The van der Waals surface area contributed by atoms with Crippen LogP contribution in [0.25, 0.3) is 11.3 Å². The van der Waals surface area contributed by atoms with Crippen LogP contribution < -0.4 is 10.1 Å². The summed E-state index contributed by atoms with van der Waals surface area (Å²) >= 11 is 0. The number of carbonyl (C=O) groups excluding carboxylic acids is 1. The number of hydrogen-bond acceptors (Lipinski definition) is 5.